The largest absolute Gasteiger partial charge is 0.337 e. The van der Waals surface area contributed by atoms with Crippen LogP contribution in [0.2, 0.25) is 0 Å². The van der Waals surface area contributed by atoms with E-state index in [1.165, 1.54) is 19.2 Å². The maximum Gasteiger partial charge on any atom is 0.235 e. The smallest absolute Gasteiger partial charge is 0.235 e. The van der Waals surface area contributed by atoms with Crippen LogP contribution < -0.4 is 0 Å². The van der Waals surface area contributed by atoms with Crippen molar-refractivity contribution in [3.8, 4) is 0 Å². The normalized spacial score (nSPS) is 20.7. The lowest BCUT2D eigenvalue weighted by atomic mass is 10.1. The molecule has 0 bridgehead atoms. The summed E-state index contributed by atoms with van der Waals surface area (Å²) in [6, 6.07) is 0. The molecule has 1 atom stereocenters. The predicted molar refractivity (Wildman–Crippen MR) is 63.0 cm³/mol. The van der Waals surface area contributed by atoms with Crippen molar-refractivity contribution < 1.29 is 4.79 Å². The van der Waals surface area contributed by atoms with Crippen LogP contribution in [0.1, 0.15) is 25.1 Å². The zero-order chi connectivity index (χ0) is 11.4. The molecule has 16 heavy (non-hydrogen) atoms. The molecule has 5 nitrogen and oxygen atoms in total. The monoisotopic (exact) mass is 240 g/mol. The number of rotatable bonds is 3. The Morgan fingerprint density at radius 2 is 2.56 bits per heavy atom. The summed E-state index contributed by atoms with van der Waals surface area (Å²) in [7, 11) is 1.82. The molecule has 0 aliphatic carbocycles. The van der Waals surface area contributed by atoms with E-state index in [4.69, 9.17) is 0 Å². The number of hydrogen-bond donors (Lipinski definition) is 1. The number of aromatic nitrogens is 3. The number of amides is 1. The molecule has 1 aromatic rings. The van der Waals surface area contributed by atoms with Gasteiger partial charge in [0.25, 0.3) is 0 Å². The molecule has 6 heteroatoms. The highest BCUT2D eigenvalue weighted by molar-refractivity contribution is 8.00. The lowest BCUT2D eigenvalue weighted by Crippen LogP contribution is -2.35. The van der Waals surface area contributed by atoms with Crippen molar-refractivity contribution in [1.29, 1.82) is 0 Å². The molecule has 1 aromatic heterocycles. The van der Waals surface area contributed by atoms with Gasteiger partial charge in [0.05, 0.1) is 11.8 Å². The lowest BCUT2D eigenvalue weighted by Gasteiger charge is -2.25. The van der Waals surface area contributed by atoms with Crippen LogP contribution in [0.5, 0.6) is 0 Å². The Kier molecular flexibility index (Phi) is 3.82. The molecule has 2 rings (SSSR count). The average Bonchev–Trinajstić information content (AvgIpc) is 2.82. The number of nitrogens with zero attached hydrogens (tertiary/aromatic N) is 3. The first-order valence-electron chi connectivity index (χ1n) is 5.48. The summed E-state index contributed by atoms with van der Waals surface area (Å²) in [5.41, 5.74) is 0. The van der Waals surface area contributed by atoms with Gasteiger partial charge in [-0.2, -0.15) is 5.10 Å². The molecule has 2 heterocycles. The van der Waals surface area contributed by atoms with Crippen molar-refractivity contribution in [2.24, 2.45) is 0 Å². The Morgan fingerprint density at radius 3 is 3.19 bits per heavy atom. The highest BCUT2D eigenvalue weighted by Gasteiger charge is 2.24. The van der Waals surface area contributed by atoms with E-state index in [2.05, 4.69) is 15.2 Å². The molecular weight excluding hydrogens is 224 g/mol. The second-order valence-electron chi connectivity index (χ2n) is 3.98. The van der Waals surface area contributed by atoms with Crippen molar-refractivity contribution >= 4 is 17.7 Å². The zero-order valence-corrected chi connectivity index (χ0v) is 10.2. The van der Waals surface area contributed by atoms with Crippen LogP contribution in [0.4, 0.5) is 0 Å². The number of aromatic amines is 1. The van der Waals surface area contributed by atoms with E-state index in [1.54, 1.807) is 16.7 Å². The van der Waals surface area contributed by atoms with Crippen LogP contribution in [-0.2, 0) is 11.3 Å². The lowest BCUT2D eigenvalue weighted by molar-refractivity contribution is -0.130. The van der Waals surface area contributed by atoms with Gasteiger partial charge in [-0.3, -0.25) is 9.89 Å². The van der Waals surface area contributed by atoms with Gasteiger partial charge in [-0.1, -0.05) is 6.42 Å². The van der Waals surface area contributed by atoms with Crippen molar-refractivity contribution in [3.05, 3.63) is 12.2 Å². The highest BCUT2D eigenvalue weighted by Crippen LogP contribution is 2.26. The Hall–Kier alpha value is -1.04. The second kappa shape index (κ2) is 5.34. The van der Waals surface area contributed by atoms with Gasteiger partial charge in [-0.05, 0) is 18.6 Å². The summed E-state index contributed by atoms with van der Waals surface area (Å²) in [6.07, 6.45) is 4.87. The summed E-state index contributed by atoms with van der Waals surface area (Å²) in [4.78, 5) is 17.8. The molecule has 1 N–H and O–H groups in total. The molecule has 0 spiro atoms. The molecule has 88 valence electrons. The van der Waals surface area contributed by atoms with Crippen LogP contribution in [0.15, 0.2) is 6.33 Å². The fraction of sp³-hybridized carbons (Fsp3) is 0.700. The van der Waals surface area contributed by atoms with Crippen molar-refractivity contribution in [3.63, 3.8) is 0 Å². The van der Waals surface area contributed by atoms with Gasteiger partial charge in [-0.15, -0.1) is 11.8 Å². The molecule has 1 unspecified atom stereocenters. The Labute approximate surface area is 99.0 Å². The van der Waals surface area contributed by atoms with Gasteiger partial charge in [0.15, 0.2) is 0 Å². The van der Waals surface area contributed by atoms with Crippen LogP contribution in [0, 0.1) is 0 Å². The molecule has 1 aliphatic heterocycles. The summed E-state index contributed by atoms with van der Waals surface area (Å²) < 4.78 is 0. The van der Waals surface area contributed by atoms with E-state index >= 15 is 0 Å². The minimum Gasteiger partial charge on any atom is -0.337 e. The quantitative estimate of drug-likeness (QED) is 0.857. The number of thioether (sulfide) groups is 1. The van der Waals surface area contributed by atoms with E-state index in [1.807, 2.05) is 7.05 Å². The third kappa shape index (κ3) is 2.75. The number of nitrogens with one attached hydrogen (secondary N) is 1. The topological polar surface area (TPSA) is 61.9 Å². The average molecular weight is 240 g/mol. The van der Waals surface area contributed by atoms with Gasteiger partial charge < -0.3 is 4.90 Å². The molecule has 0 aromatic carbocycles. The van der Waals surface area contributed by atoms with Gasteiger partial charge in [0.2, 0.25) is 5.91 Å². The minimum atomic E-state index is 0.140. The zero-order valence-electron chi connectivity index (χ0n) is 9.35. The predicted octanol–water partition coefficient (Wildman–Crippen LogP) is 1.05. The van der Waals surface area contributed by atoms with Crippen LogP contribution >= 0.6 is 11.8 Å². The summed E-state index contributed by atoms with van der Waals surface area (Å²) in [5.74, 6) is 2.05. The Bertz CT molecular complexity index is 335. The first kappa shape index (κ1) is 11.4. The minimum absolute atomic E-state index is 0.140. The standard InChI is InChI=1S/C10H16N4OS/c1-14(6-9-11-7-12-13-9)10(15)8-4-2-3-5-16-8/h7-8H,2-6H2,1H3,(H,11,12,13). The van der Waals surface area contributed by atoms with Gasteiger partial charge in [0.1, 0.15) is 12.2 Å². The molecule has 0 radical (unpaired) electrons. The van der Waals surface area contributed by atoms with Gasteiger partial charge in [0, 0.05) is 7.05 Å². The first-order valence-corrected chi connectivity index (χ1v) is 6.53. The van der Waals surface area contributed by atoms with Crippen LogP contribution in [0.3, 0.4) is 0 Å². The van der Waals surface area contributed by atoms with Crippen molar-refractivity contribution in [2.45, 2.75) is 31.1 Å². The molecular formula is C10H16N4OS. The Balaban J connectivity index is 1.88. The van der Waals surface area contributed by atoms with Crippen LogP contribution in [-0.4, -0.2) is 44.0 Å². The van der Waals surface area contributed by atoms with Gasteiger partial charge in [-0.25, -0.2) is 4.98 Å². The fourth-order valence-electron chi connectivity index (χ4n) is 1.79. The van der Waals surface area contributed by atoms with E-state index in [9.17, 15) is 4.79 Å². The van der Waals surface area contributed by atoms with Gasteiger partial charge >= 0.3 is 0 Å². The number of hydrogen-bond acceptors (Lipinski definition) is 4. The Morgan fingerprint density at radius 1 is 1.69 bits per heavy atom. The molecule has 1 amide bonds. The third-order valence-corrected chi connectivity index (χ3v) is 4.05. The second-order valence-corrected chi connectivity index (χ2v) is 5.29. The number of H-pyrrole nitrogens is 1. The SMILES string of the molecule is CN(Cc1ncn[nH]1)C(=O)C1CCCCS1. The summed E-state index contributed by atoms with van der Waals surface area (Å²) in [5, 5.41) is 6.67. The molecule has 0 saturated carbocycles. The van der Waals surface area contributed by atoms with E-state index in [0.29, 0.717) is 6.54 Å². The molecule has 1 fully saturated rings. The molecule has 1 saturated heterocycles. The van der Waals surface area contributed by atoms with E-state index in [-0.39, 0.29) is 11.2 Å². The maximum atomic E-state index is 12.1. The third-order valence-electron chi connectivity index (χ3n) is 2.68. The number of carbonyl (C=O) groups excluding carboxylic acids is 1. The van der Waals surface area contributed by atoms with Crippen molar-refractivity contribution in [1.82, 2.24) is 20.1 Å². The van der Waals surface area contributed by atoms with Crippen molar-refractivity contribution in [2.75, 3.05) is 12.8 Å². The van der Waals surface area contributed by atoms with Crippen LogP contribution in [0.25, 0.3) is 0 Å². The highest BCUT2D eigenvalue weighted by atomic mass is 32.2. The number of carbonyl (C=O) groups is 1. The van der Waals surface area contributed by atoms with E-state index < -0.39 is 0 Å². The summed E-state index contributed by atoms with van der Waals surface area (Å²) >= 11 is 1.77. The first-order chi connectivity index (χ1) is 7.77. The molecule has 1 aliphatic rings. The summed E-state index contributed by atoms with van der Waals surface area (Å²) in [6.45, 7) is 0.510. The van der Waals surface area contributed by atoms with E-state index in [0.717, 1.165) is 18.0 Å². The maximum absolute atomic E-state index is 12.1. The fourth-order valence-corrected chi connectivity index (χ4v) is 3.10.